The van der Waals surface area contributed by atoms with E-state index in [1.54, 1.807) is 0 Å². The molecule has 2 heteroatoms. The summed E-state index contributed by atoms with van der Waals surface area (Å²) in [6, 6.07) is 0.799. The Morgan fingerprint density at radius 3 is 2.41 bits per heavy atom. The monoisotopic (exact) mass is 238 g/mol. The largest absolute Gasteiger partial charge is 0.314 e. The first-order valence-corrected chi connectivity index (χ1v) is 7.56. The number of nitrogens with one attached hydrogen (secondary N) is 1. The van der Waals surface area contributed by atoms with Crippen molar-refractivity contribution in [3.63, 3.8) is 0 Å². The van der Waals surface area contributed by atoms with E-state index < -0.39 is 0 Å². The maximum atomic E-state index is 3.63. The maximum absolute atomic E-state index is 3.63. The second-order valence-electron chi connectivity index (χ2n) is 6.40. The van der Waals surface area contributed by atoms with E-state index in [0.29, 0.717) is 5.54 Å². The van der Waals surface area contributed by atoms with Gasteiger partial charge in [0.15, 0.2) is 0 Å². The van der Waals surface area contributed by atoms with Gasteiger partial charge >= 0.3 is 0 Å². The first-order chi connectivity index (χ1) is 8.17. The van der Waals surface area contributed by atoms with Crippen molar-refractivity contribution in [2.45, 2.75) is 69.9 Å². The first-order valence-electron chi connectivity index (χ1n) is 7.56. The van der Waals surface area contributed by atoms with Crippen LogP contribution in [0, 0.1) is 5.92 Å². The number of nitrogens with zero attached hydrogens (tertiary/aromatic N) is 1. The second kappa shape index (κ2) is 5.71. The van der Waals surface area contributed by atoms with Gasteiger partial charge in [-0.1, -0.05) is 19.3 Å². The van der Waals surface area contributed by atoms with Crippen LogP contribution >= 0.6 is 0 Å². The molecule has 17 heavy (non-hydrogen) atoms. The average Bonchev–Trinajstić information content (AvgIpc) is 3.20. The summed E-state index contributed by atoms with van der Waals surface area (Å²) in [6.07, 6.45) is 11.3. The molecule has 0 aliphatic heterocycles. The summed E-state index contributed by atoms with van der Waals surface area (Å²) in [5.74, 6) is 0.997. The van der Waals surface area contributed by atoms with Crippen LogP contribution in [0.15, 0.2) is 0 Å². The van der Waals surface area contributed by atoms with E-state index in [4.69, 9.17) is 0 Å². The standard InChI is InChI=1S/C15H30N2/c1-13(14-7-8-14)17(3)12-11-15(16-2)9-5-4-6-10-15/h13-14,16H,4-12H2,1-3H3. The normalized spacial score (nSPS) is 26.1. The molecule has 0 aromatic heterocycles. The smallest absolute Gasteiger partial charge is 0.0190 e. The van der Waals surface area contributed by atoms with E-state index in [9.17, 15) is 0 Å². The predicted molar refractivity (Wildman–Crippen MR) is 74.3 cm³/mol. The Morgan fingerprint density at radius 1 is 1.24 bits per heavy atom. The number of hydrogen-bond donors (Lipinski definition) is 1. The van der Waals surface area contributed by atoms with Crippen LogP contribution < -0.4 is 5.32 Å². The lowest BCUT2D eigenvalue weighted by Gasteiger charge is -2.39. The molecule has 0 radical (unpaired) electrons. The van der Waals surface area contributed by atoms with Gasteiger partial charge in [0.2, 0.25) is 0 Å². The van der Waals surface area contributed by atoms with E-state index in [1.807, 2.05) is 0 Å². The molecule has 2 saturated carbocycles. The predicted octanol–water partition coefficient (Wildman–Crippen LogP) is 3.03. The van der Waals surface area contributed by atoms with E-state index in [2.05, 4.69) is 31.2 Å². The summed E-state index contributed by atoms with van der Waals surface area (Å²) < 4.78 is 0. The first kappa shape index (κ1) is 13.4. The van der Waals surface area contributed by atoms with Gasteiger partial charge < -0.3 is 10.2 Å². The fourth-order valence-electron chi connectivity index (χ4n) is 3.39. The molecule has 2 fully saturated rings. The van der Waals surface area contributed by atoms with E-state index >= 15 is 0 Å². The molecule has 2 rings (SSSR count). The van der Waals surface area contributed by atoms with Crippen LogP contribution in [0.3, 0.4) is 0 Å². The molecule has 2 aliphatic rings. The van der Waals surface area contributed by atoms with Gasteiger partial charge in [-0.15, -0.1) is 0 Å². The van der Waals surface area contributed by atoms with Crippen LogP contribution in [0.25, 0.3) is 0 Å². The molecule has 1 unspecified atom stereocenters. The van der Waals surface area contributed by atoms with Crippen molar-refractivity contribution in [1.82, 2.24) is 10.2 Å². The SMILES string of the molecule is CNC1(CCN(C)C(C)C2CC2)CCCCC1. The Labute approximate surface area is 107 Å². The van der Waals surface area contributed by atoms with Crippen LogP contribution in [0.5, 0.6) is 0 Å². The third-order valence-corrected chi connectivity index (χ3v) is 5.28. The molecule has 0 aromatic carbocycles. The van der Waals surface area contributed by atoms with Crippen molar-refractivity contribution in [2.24, 2.45) is 5.92 Å². The van der Waals surface area contributed by atoms with Gasteiger partial charge in [0.25, 0.3) is 0 Å². The molecule has 0 aromatic rings. The van der Waals surface area contributed by atoms with Crippen molar-refractivity contribution in [2.75, 3.05) is 20.6 Å². The molecule has 1 atom stereocenters. The van der Waals surface area contributed by atoms with Crippen molar-refractivity contribution < 1.29 is 0 Å². The molecular weight excluding hydrogens is 208 g/mol. The Hall–Kier alpha value is -0.0800. The summed E-state index contributed by atoms with van der Waals surface area (Å²) in [4.78, 5) is 2.59. The van der Waals surface area contributed by atoms with Crippen molar-refractivity contribution in [3.05, 3.63) is 0 Å². The molecule has 0 saturated heterocycles. The third kappa shape index (κ3) is 3.45. The Morgan fingerprint density at radius 2 is 1.88 bits per heavy atom. The summed E-state index contributed by atoms with van der Waals surface area (Å²) in [6.45, 7) is 3.67. The minimum Gasteiger partial charge on any atom is -0.314 e. The molecular formula is C15H30N2. The van der Waals surface area contributed by atoms with E-state index in [-0.39, 0.29) is 0 Å². The molecule has 0 bridgehead atoms. The molecule has 0 spiro atoms. The lowest BCUT2D eigenvalue weighted by Crippen LogP contribution is -2.47. The third-order valence-electron chi connectivity index (χ3n) is 5.28. The van der Waals surface area contributed by atoms with Gasteiger partial charge in [-0.3, -0.25) is 0 Å². The minimum absolute atomic E-state index is 0.454. The number of rotatable bonds is 6. The maximum Gasteiger partial charge on any atom is 0.0190 e. The number of hydrogen-bond acceptors (Lipinski definition) is 2. The highest BCUT2D eigenvalue weighted by molar-refractivity contribution is 4.91. The van der Waals surface area contributed by atoms with E-state index in [1.165, 1.54) is 57.9 Å². The summed E-state index contributed by atoms with van der Waals surface area (Å²) in [7, 11) is 4.48. The molecule has 1 N–H and O–H groups in total. The Bertz CT molecular complexity index is 229. The van der Waals surface area contributed by atoms with Gasteiger partial charge in [-0.25, -0.2) is 0 Å². The topological polar surface area (TPSA) is 15.3 Å². The van der Waals surface area contributed by atoms with Gasteiger partial charge in [0, 0.05) is 11.6 Å². The highest BCUT2D eigenvalue weighted by atomic mass is 15.1. The van der Waals surface area contributed by atoms with E-state index in [0.717, 1.165) is 12.0 Å². The van der Waals surface area contributed by atoms with Crippen molar-refractivity contribution in [3.8, 4) is 0 Å². The van der Waals surface area contributed by atoms with Gasteiger partial charge in [-0.2, -0.15) is 0 Å². The van der Waals surface area contributed by atoms with Gasteiger partial charge in [0.1, 0.15) is 0 Å². The molecule has 0 heterocycles. The lowest BCUT2D eigenvalue weighted by atomic mass is 9.79. The van der Waals surface area contributed by atoms with Crippen molar-refractivity contribution in [1.29, 1.82) is 0 Å². The van der Waals surface area contributed by atoms with Crippen molar-refractivity contribution >= 4 is 0 Å². The minimum atomic E-state index is 0.454. The van der Waals surface area contributed by atoms with Crippen LogP contribution in [0.2, 0.25) is 0 Å². The average molecular weight is 238 g/mol. The molecule has 2 nitrogen and oxygen atoms in total. The van der Waals surface area contributed by atoms with Crippen LogP contribution in [0.4, 0.5) is 0 Å². The van der Waals surface area contributed by atoms with Gasteiger partial charge in [0.05, 0.1) is 0 Å². The summed E-state index contributed by atoms with van der Waals surface area (Å²) >= 11 is 0. The van der Waals surface area contributed by atoms with Crippen LogP contribution in [-0.4, -0.2) is 37.1 Å². The highest BCUT2D eigenvalue weighted by Gasteiger charge is 2.33. The quantitative estimate of drug-likeness (QED) is 0.765. The van der Waals surface area contributed by atoms with Crippen LogP contribution in [0.1, 0.15) is 58.3 Å². The zero-order valence-electron chi connectivity index (χ0n) is 12.0. The zero-order valence-corrected chi connectivity index (χ0v) is 12.0. The molecule has 100 valence electrons. The fourth-order valence-corrected chi connectivity index (χ4v) is 3.39. The Balaban J connectivity index is 1.78. The van der Waals surface area contributed by atoms with Crippen LogP contribution in [-0.2, 0) is 0 Å². The molecule has 2 aliphatic carbocycles. The fraction of sp³-hybridized carbons (Fsp3) is 1.00. The second-order valence-corrected chi connectivity index (χ2v) is 6.40. The van der Waals surface area contributed by atoms with Gasteiger partial charge in [-0.05, 0) is 65.6 Å². The highest BCUT2D eigenvalue weighted by Crippen LogP contribution is 2.35. The summed E-state index contributed by atoms with van der Waals surface area (Å²) in [5, 5.41) is 3.63. The Kier molecular flexibility index (Phi) is 4.48. The summed E-state index contributed by atoms with van der Waals surface area (Å²) in [5.41, 5.74) is 0.454. The lowest BCUT2D eigenvalue weighted by molar-refractivity contribution is 0.168. The molecule has 0 amide bonds. The zero-order chi connectivity index (χ0) is 12.3.